The Kier molecular flexibility index (Phi) is 5.65. The lowest BCUT2D eigenvalue weighted by Gasteiger charge is -2.12. The summed E-state index contributed by atoms with van der Waals surface area (Å²) < 4.78 is 10.5. The van der Waals surface area contributed by atoms with Crippen molar-refractivity contribution >= 4 is 41.5 Å². The van der Waals surface area contributed by atoms with E-state index in [1.54, 1.807) is 12.1 Å². The fraction of sp³-hybridized carbons (Fsp3) is 0.250. The van der Waals surface area contributed by atoms with Crippen molar-refractivity contribution < 1.29 is 23.9 Å². The summed E-state index contributed by atoms with van der Waals surface area (Å²) in [5, 5.41) is 2.71. The highest BCUT2D eigenvalue weighted by molar-refractivity contribution is 6.22. The molecule has 8 nitrogen and oxygen atoms in total. The van der Waals surface area contributed by atoms with Crippen LogP contribution in [0.4, 0.5) is 11.4 Å². The van der Waals surface area contributed by atoms with E-state index >= 15 is 0 Å². The summed E-state index contributed by atoms with van der Waals surface area (Å²) in [6.45, 7) is 2.46. The smallest absolute Gasteiger partial charge is 0.261 e. The number of benzene rings is 2. The van der Waals surface area contributed by atoms with Crippen molar-refractivity contribution in [3.8, 4) is 11.5 Å². The second-order valence-corrected chi connectivity index (χ2v) is 6.62. The van der Waals surface area contributed by atoms with Gasteiger partial charge in [0.05, 0.1) is 22.5 Å². The molecule has 29 heavy (non-hydrogen) atoms. The number of hydrogen-bond donors (Lipinski definition) is 2. The first kappa shape index (κ1) is 20.5. The number of anilines is 2. The first-order valence-corrected chi connectivity index (χ1v) is 9.00. The fourth-order valence-electron chi connectivity index (χ4n) is 3.21. The van der Waals surface area contributed by atoms with Crippen LogP contribution in [0.25, 0.3) is 0 Å². The minimum atomic E-state index is -0.444. The normalized spacial score (nSPS) is 13.9. The Labute approximate surface area is 173 Å². The highest BCUT2D eigenvalue weighted by atomic mass is 35.5. The van der Waals surface area contributed by atoms with Gasteiger partial charge in [0.2, 0.25) is 6.79 Å². The van der Waals surface area contributed by atoms with E-state index in [0.717, 1.165) is 12.8 Å². The number of carbonyl (C=O) groups excluding carboxylic acids is 3. The molecule has 9 heteroatoms. The molecular formula is C20H20ClN3O5. The van der Waals surface area contributed by atoms with Gasteiger partial charge in [-0.05, 0) is 24.6 Å². The van der Waals surface area contributed by atoms with Crippen LogP contribution in [0, 0.1) is 0 Å². The van der Waals surface area contributed by atoms with Crippen molar-refractivity contribution in [2.45, 2.75) is 19.8 Å². The van der Waals surface area contributed by atoms with Crippen LogP contribution in [0.15, 0.2) is 30.3 Å². The lowest BCUT2D eigenvalue weighted by molar-refractivity contribution is 0.0652. The Morgan fingerprint density at radius 3 is 2.52 bits per heavy atom. The number of ether oxygens (including phenoxy) is 2. The topological polar surface area (TPSA) is 111 Å². The summed E-state index contributed by atoms with van der Waals surface area (Å²) in [6.07, 6.45) is 1.61. The van der Waals surface area contributed by atoms with Crippen molar-refractivity contribution in [3.63, 3.8) is 0 Å². The lowest BCUT2D eigenvalue weighted by Crippen LogP contribution is -2.30. The molecule has 4 rings (SSSR count). The number of nitrogens with one attached hydrogen (secondary N) is 1. The molecule has 0 unspecified atom stereocenters. The molecule has 2 aliphatic heterocycles. The van der Waals surface area contributed by atoms with Gasteiger partial charge < -0.3 is 20.5 Å². The second kappa shape index (κ2) is 8.00. The summed E-state index contributed by atoms with van der Waals surface area (Å²) in [4.78, 5) is 38.8. The number of hydrogen-bond acceptors (Lipinski definition) is 6. The van der Waals surface area contributed by atoms with Gasteiger partial charge in [-0.3, -0.25) is 19.3 Å². The molecule has 0 bridgehead atoms. The predicted molar refractivity (Wildman–Crippen MR) is 109 cm³/mol. The molecule has 0 spiro atoms. The van der Waals surface area contributed by atoms with Gasteiger partial charge in [0, 0.05) is 24.2 Å². The van der Waals surface area contributed by atoms with Crippen LogP contribution >= 0.6 is 12.4 Å². The maximum atomic E-state index is 12.7. The summed E-state index contributed by atoms with van der Waals surface area (Å²) in [5.41, 5.74) is 7.49. The predicted octanol–water partition coefficient (Wildman–Crippen LogP) is 3.07. The van der Waals surface area contributed by atoms with E-state index in [9.17, 15) is 14.4 Å². The Balaban J connectivity index is 0.00000240. The Bertz CT molecular complexity index is 1010. The number of nitrogens with zero attached hydrogens (tertiary/aromatic N) is 1. The maximum Gasteiger partial charge on any atom is 0.261 e. The van der Waals surface area contributed by atoms with Crippen LogP contribution < -0.4 is 20.5 Å². The average Bonchev–Trinajstić information content (AvgIpc) is 3.23. The van der Waals surface area contributed by atoms with E-state index < -0.39 is 5.91 Å². The van der Waals surface area contributed by atoms with E-state index in [2.05, 4.69) is 5.32 Å². The third-order valence-corrected chi connectivity index (χ3v) is 4.76. The van der Waals surface area contributed by atoms with E-state index in [1.807, 2.05) is 6.92 Å². The molecule has 0 aromatic heterocycles. The maximum absolute atomic E-state index is 12.7. The van der Waals surface area contributed by atoms with Gasteiger partial charge in [-0.15, -0.1) is 12.4 Å². The largest absolute Gasteiger partial charge is 0.454 e. The second-order valence-electron chi connectivity index (χ2n) is 6.62. The zero-order valence-corrected chi connectivity index (χ0v) is 16.5. The summed E-state index contributed by atoms with van der Waals surface area (Å²) in [5.74, 6) is -0.123. The summed E-state index contributed by atoms with van der Waals surface area (Å²) >= 11 is 0. The van der Waals surface area contributed by atoms with Crippen LogP contribution in [0.2, 0.25) is 0 Å². The van der Waals surface area contributed by atoms with Crippen LogP contribution in [0.1, 0.15) is 50.8 Å². The zero-order chi connectivity index (χ0) is 19.8. The number of nitrogen functional groups attached to an aromatic ring is 1. The lowest BCUT2D eigenvalue weighted by atomic mass is 10.1. The monoisotopic (exact) mass is 417 g/mol. The third-order valence-electron chi connectivity index (χ3n) is 4.76. The van der Waals surface area contributed by atoms with Crippen LogP contribution in [-0.4, -0.2) is 36.0 Å². The van der Waals surface area contributed by atoms with Gasteiger partial charge in [0.25, 0.3) is 17.7 Å². The molecule has 0 saturated carbocycles. The minimum absolute atomic E-state index is 0. The molecule has 2 aliphatic rings. The minimum Gasteiger partial charge on any atom is -0.454 e. The van der Waals surface area contributed by atoms with Gasteiger partial charge in [0.1, 0.15) is 0 Å². The first-order chi connectivity index (χ1) is 13.5. The molecule has 0 radical (unpaired) electrons. The highest BCUT2D eigenvalue weighted by Crippen LogP contribution is 2.38. The SMILES string of the molecule is CCCCN1C(=O)c2ccc(C(=O)Nc3cc4c(cc3N)OCO4)cc2C1=O.Cl. The standard InChI is InChI=1S/C20H19N3O5.ClH/c1-2-3-6-23-19(25)12-5-4-11(7-13(12)20(23)26)18(24)22-15-9-17-16(8-14(15)21)27-10-28-17;/h4-5,7-9H,2-3,6,10,21H2,1H3,(H,22,24);1H. The molecule has 3 N–H and O–H groups in total. The number of amides is 3. The number of imide groups is 1. The molecule has 3 amide bonds. The Morgan fingerprint density at radius 1 is 1.10 bits per heavy atom. The van der Waals surface area contributed by atoms with Crippen molar-refractivity contribution in [2.75, 3.05) is 24.4 Å². The highest BCUT2D eigenvalue weighted by Gasteiger charge is 2.35. The molecule has 0 fully saturated rings. The van der Waals surface area contributed by atoms with E-state index in [1.165, 1.54) is 23.1 Å². The number of unbranched alkanes of at least 4 members (excludes halogenated alkanes) is 1. The fourth-order valence-corrected chi connectivity index (χ4v) is 3.21. The summed E-state index contributed by atoms with van der Waals surface area (Å²) in [7, 11) is 0. The van der Waals surface area contributed by atoms with Gasteiger partial charge in [0.15, 0.2) is 11.5 Å². The molecule has 0 saturated heterocycles. The molecule has 2 heterocycles. The van der Waals surface area contributed by atoms with Crippen molar-refractivity contribution in [1.82, 2.24) is 4.90 Å². The Hall–Kier alpha value is -3.26. The summed E-state index contributed by atoms with van der Waals surface area (Å²) in [6, 6.07) is 7.64. The number of rotatable bonds is 5. The van der Waals surface area contributed by atoms with E-state index in [4.69, 9.17) is 15.2 Å². The number of nitrogens with two attached hydrogens (primary N) is 1. The third kappa shape index (κ3) is 3.58. The van der Waals surface area contributed by atoms with Crippen LogP contribution in [-0.2, 0) is 0 Å². The Morgan fingerprint density at radius 2 is 1.79 bits per heavy atom. The van der Waals surface area contributed by atoms with Gasteiger partial charge in [-0.1, -0.05) is 13.3 Å². The quantitative estimate of drug-likeness (QED) is 0.571. The van der Waals surface area contributed by atoms with Crippen LogP contribution in [0.3, 0.4) is 0 Å². The average molecular weight is 418 g/mol. The van der Waals surface area contributed by atoms with Gasteiger partial charge in [-0.2, -0.15) is 0 Å². The molecule has 0 aliphatic carbocycles. The number of carbonyl (C=O) groups is 3. The number of halogens is 1. The molecule has 2 aromatic carbocycles. The molecular weight excluding hydrogens is 398 g/mol. The molecule has 2 aromatic rings. The van der Waals surface area contributed by atoms with E-state index in [-0.39, 0.29) is 42.1 Å². The number of fused-ring (bicyclic) bond motifs is 2. The first-order valence-electron chi connectivity index (χ1n) is 9.00. The van der Waals surface area contributed by atoms with Crippen molar-refractivity contribution in [3.05, 3.63) is 47.0 Å². The zero-order valence-electron chi connectivity index (χ0n) is 15.7. The van der Waals surface area contributed by atoms with Crippen molar-refractivity contribution in [2.24, 2.45) is 0 Å². The molecule has 152 valence electrons. The van der Waals surface area contributed by atoms with Gasteiger partial charge >= 0.3 is 0 Å². The van der Waals surface area contributed by atoms with E-state index in [0.29, 0.717) is 35.0 Å². The van der Waals surface area contributed by atoms with Crippen molar-refractivity contribution in [1.29, 1.82) is 0 Å². The molecule has 0 atom stereocenters. The van der Waals surface area contributed by atoms with Crippen LogP contribution in [0.5, 0.6) is 11.5 Å². The van der Waals surface area contributed by atoms with Gasteiger partial charge in [-0.25, -0.2) is 0 Å².